The monoisotopic (exact) mass is 302 g/mol. The molecule has 0 unspecified atom stereocenters. The summed E-state index contributed by atoms with van der Waals surface area (Å²) in [5.74, 6) is 0.876. The Labute approximate surface area is 136 Å². The SMILES string of the molecule is COc1ccc(/C=C2\COC\C2=C2\C=Cc3ccccc32)cc1. The van der Waals surface area contributed by atoms with E-state index in [1.165, 1.54) is 33.4 Å². The van der Waals surface area contributed by atoms with Gasteiger partial charge in [0.2, 0.25) is 0 Å². The van der Waals surface area contributed by atoms with Crippen LogP contribution >= 0.6 is 0 Å². The second kappa shape index (κ2) is 5.90. The fraction of sp³-hybridized carbons (Fsp3) is 0.143. The molecule has 4 rings (SSSR count). The molecule has 23 heavy (non-hydrogen) atoms. The van der Waals surface area contributed by atoms with Crippen LogP contribution in [0.4, 0.5) is 0 Å². The van der Waals surface area contributed by atoms with Crippen LogP contribution in [0.1, 0.15) is 16.7 Å². The molecule has 0 N–H and O–H groups in total. The molecule has 114 valence electrons. The Morgan fingerprint density at radius 3 is 2.61 bits per heavy atom. The highest BCUT2D eigenvalue weighted by Gasteiger charge is 2.21. The van der Waals surface area contributed by atoms with Crippen molar-refractivity contribution in [3.63, 3.8) is 0 Å². The highest BCUT2D eigenvalue weighted by molar-refractivity contribution is 5.93. The van der Waals surface area contributed by atoms with Gasteiger partial charge in [0.05, 0.1) is 20.3 Å². The molecule has 1 heterocycles. The van der Waals surface area contributed by atoms with Crippen LogP contribution in [0.15, 0.2) is 65.8 Å². The van der Waals surface area contributed by atoms with Crippen molar-refractivity contribution in [1.82, 2.24) is 0 Å². The molecule has 0 saturated carbocycles. The molecule has 0 atom stereocenters. The minimum absolute atomic E-state index is 0.668. The molecule has 0 aromatic heterocycles. The van der Waals surface area contributed by atoms with Crippen LogP contribution in [-0.2, 0) is 4.74 Å². The molecule has 0 bridgehead atoms. The summed E-state index contributed by atoms with van der Waals surface area (Å²) in [6, 6.07) is 16.6. The van der Waals surface area contributed by atoms with Crippen LogP contribution in [0.3, 0.4) is 0 Å². The topological polar surface area (TPSA) is 18.5 Å². The molecule has 0 radical (unpaired) electrons. The number of hydrogen-bond donors (Lipinski definition) is 0. The third-order valence-corrected chi connectivity index (χ3v) is 4.35. The van der Waals surface area contributed by atoms with E-state index in [1.54, 1.807) is 7.11 Å². The Morgan fingerprint density at radius 2 is 1.78 bits per heavy atom. The summed E-state index contributed by atoms with van der Waals surface area (Å²) in [5.41, 5.74) is 7.59. The van der Waals surface area contributed by atoms with Gasteiger partial charge in [-0.15, -0.1) is 0 Å². The smallest absolute Gasteiger partial charge is 0.118 e. The molecule has 2 aliphatic rings. The molecule has 1 aliphatic heterocycles. The maximum absolute atomic E-state index is 5.73. The number of hydrogen-bond acceptors (Lipinski definition) is 2. The van der Waals surface area contributed by atoms with Gasteiger partial charge in [0.15, 0.2) is 0 Å². The molecule has 0 amide bonds. The van der Waals surface area contributed by atoms with Crippen molar-refractivity contribution in [2.75, 3.05) is 20.3 Å². The summed E-state index contributed by atoms with van der Waals surface area (Å²) in [6.07, 6.45) is 6.60. The minimum Gasteiger partial charge on any atom is -0.497 e. The van der Waals surface area contributed by atoms with Gasteiger partial charge in [-0.25, -0.2) is 0 Å². The Morgan fingerprint density at radius 1 is 0.957 bits per heavy atom. The van der Waals surface area contributed by atoms with Crippen LogP contribution in [-0.4, -0.2) is 20.3 Å². The normalized spacial score (nSPS) is 21.0. The summed E-state index contributed by atoms with van der Waals surface area (Å²) < 4.78 is 10.9. The first kappa shape index (κ1) is 14.0. The van der Waals surface area contributed by atoms with E-state index in [9.17, 15) is 0 Å². The lowest BCUT2D eigenvalue weighted by Gasteiger charge is -2.07. The molecule has 1 fully saturated rings. The Hall–Kier alpha value is -2.58. The number of rotatable bonds is 2. The lowest BCUT2D eigenvalue weighted by atomic mass is 9.96. The molecular weight excluding hydrogens is 284 g/mol. The predicted molar refractivity (Wildman–Crippen MR) is 94.2 cm³/mol. The predicted octanol–water partition coefficient (Wildman–Crippen LogP) is 4.59. The molecule has 1 aliphatic carbocycles. The fourth-order valence-electron chi connectivity index (χ4n) is 3.14. The van der Waals surface area contributed by atoms with Gasteiger partial charge in [0.1, 0.15) is 5.75 Å². The van der Waals surface area contributed by atoms with E-state index < -0.39 is 0 Å². The standard InChI is InChI=1S/C21H18O2/c1-22-18-9-6-15(7-10-18)12-17-13-23-14-21(17)20-11-8-16-4-2-3-5-19(16)20/h2-12H,13-14H2,1H3/b17-12+,21-20+. The first-order valence-corrected chi connectivity index (χ1v) is 7.78. The van der Waals surface area contributed by atoms with Gasteiger partial charge >= 0.3 is 0 Å². The number of fused-ring (bicyclic) bond motifs is 1. The summed E-state index contributed by atoms with van der Waals surface area (Å²) in [6.45, 7) is 1.34. The minimum atomic E-state index is 0.668. The number of benzene rings is 2. The van der Waals surface area contributed by atoms with Gasteiger partial charge < -0.3 is 9.47 Å². The van der Waals surface area contributed by atoms with E-state index in [0.29, 0.717) is 13.2 Å². The summed E-state index contributed by atoms with van der Waals surface area (Å²) >= 11 is 0. The van der Waals surface area contributed by atoms with Crippen molar-refractivity contribution < 1.29 is 9.47 Å². The van der Waals surface area contributed by atoms with Crippen molar-refractivity contribution in [1.29, 1.82) is 0 Å². The van der Waals surface area contributed by atoms with Crippen molar-refractivity contribution >= 4 is 17.7 Å². The van der Waals surface area contributed by atoms with E-state index in [2.05, 4.69) is 54.6 Å². The van der Waals surface area contributed by atoms with Crippen molar-refractivity contribution in [3.8, 4) is 5.75 Å². The van der Waals surface area contributed by atoms with Gasteiger partial charge in [-0.2, -0.15) is 0 Å². The van der Waals surface area contributed by atoms with E-state index >= 15 is 0 Å². The summed E-state index contributed by atoms with van der Waals surface area (Å²) in [4.78, 5) is 0. The second-order valence-electron chi connectivity index (χ2n) is 5.75. The van der Waals surface area contributed by atoms with Crippen LogP contribution < -0.4 is 4.74 Å². The largest absolute Gasteiger partial charge is 0.497 e. The number of methoxy groups -OCH3 is 1. The number of allylic oxidation sites excluding steroid dienone is 2. The zero-order valence-electron chi connectivity index (χ0n) is 13.1. The van der Waals surface area contributed by atoms with Crippen LogP contribution in [0.2, 0.25) is 0 Å². The van der Waals surface area contributed by atoms with E-state index in [-0.39, 0.29) is 0 Å². The highest BCUT2D eigenvalue weighted by Crippen LogP contribution is 2.36. The molecule has 2 aromatic rings. The van der Waals surface area contributed by atoms with Gasteiger partial charge in [0.25, 0.3) is 0 Å². The van der Waals surface area contributed by atoms with E-state index in [1.807, 2.05) is 12.1 Å². The molecule has 2 nitrogen and oxygen atoms in total. The first-order valence-electron chi connectivity index (χ1n) is 7.78. The zero-order chi connectivity index (χ0) is 15.6. The lowest BCUT2D eigenvalue weighted by molar-refractivity contribution is 0.215. The summed E-state index contributed by atoms with van der Waals surface area (Å²) in [7, 11) is 1.69. The third kappa shape index (κ3) is 2.62. The lowest BCUT2D eigenvalue weighted by Crippen LogP contribution is -1.92. The molecule has 1 saturated heterocycles. The Balaban J connectivity index is 1.73. The molecule has 2 heteroatoms. The highest BCUT2D eigenvalue weighted by atomic mass is 16.5. The average Bonchev–Trinajstić information content (AvgIpc) is 3.22. The third-order valence-electron chi connectivity index (χ3n) is 4.35. The van der Waals surface area contributed by atoms with Crippen LogP contribution in [0.25, 0.3) is 17.7 Å². The molecular formula is C21H18O2. The first-order chi connectivity index (χ1) is 11.3. The molecule has 0 spiro atoms. The van der Waals surface area contributed by atoms with Crippen molar-refractivity contribution in [2.45, 2.75) is 0 Å². The fourth-order valence-corrected chi connectivity index (χ4v) is 3.14. The van der Waals surface area contributed by atoms with E-state index in [0.717, 1.165) is 5.75 Å². The quantitative estimate of drug-likeness (QED) is 0.808. The maximum atomic E-state index is 5.73. The van der Waals surface area contributed by atoms with Gasteiger partial charge in [-0.3, -0.25) is 0 Å². The maximum Gasteiger partial charge on any atom is 0.118 e. The van der Waals surface area contributed by atoms with Crippen LogP contribution in [0.5, 0.6) is 5.75 Å². The van der Waals surface area contributed by atoms with Crippen LogP contribution in [0, 0.1) is 0 Å². The van der Waals surface area contributed by atoms with Crippen molar-refractivity contribution in [3.05, 3.63) is 82.4 Å². The van der Waals surface area contributed by atoms with E-state index in [4.69, 9.17) is 9.47 Å². The Bertz CT molecular complexity index is 823. The van der Waals surface area contributed by atoms with Gasteiger partial charge in [0, 0.05) is 0 Å². The number of ether oxygens (including phenoxy) is 2. The van der Waals surface area contributed by atoms with Crippen molar-refractivity contribution in [2.24, 2.45) is 0 Å². The summed E-state index contributed by atoms with van der Waals surface area (Å²) in [5, 5.41) is 0. The zero-order valence-corrected chi connectivity index (χ0v) is 13.1. The van der Waals surface area contributed by atoms with Gasteiger partial charge in [-0.05, 0) is 51.6 Å². The second-order valence-corrected chi connectivity index (χ2v) is 5.75. The Kier molecular flexibility index (Phi) is 3.60. The average molecular weight is 302 g/mol. The van der Waals surface area contributed by atoms with Gasteiger partial charge in [-0.1, -0.05) is 48.6 Å². The molecule has 2 aromatic carbocycles.